The SMILES string of the molecule is CCN1CCC(N(C)S(=O)(=O)c2sccc2Br)CC1. The van der Waals surface area contributed by atoms with Crippen molar-refractivity contribution in [2.24, 2.45) is 0 Å². The highest BCUT2D eigenvalue weighted by molar-refractivity contribution is 9.10. The first kappa shape index (κ1) is 15.4. The Labute approximate surface area is 127 Å². The van der Waals surface area contributed by atoms with Crippen LogP contribution >= 0.6 is 27.3 Å². The zero-order valence-corrected chi connectivity index (χ0v) is 14.4. The predicted octanol–water partition coefficient (Wildman–Crippen LogP) is 2.62. The lowest BCUT2D eigenvalue weighted by atomic mass is 10.1. The van der Waals surface area contributed by atoms with Crippen LogP contribution in [-0.4, -0.2) is 50.3 Å². The summed E-state index contributed by atoms with van der Waals surface area (Å²) in [6, 6.07) is 1.90. The van der Waals surface area contributed by atoms with E-state index in [1.807, 2.05) is 0 Å². The van der Waals surface area contributed by atoms with E-state index in [1.54, 1.807) is 22.8 Å². The van der Waals surface area contributed by atoms with Crippen LogP contribution in [0.1, 0.15) is 19.8 Å². The van der Waals surface area contributed by atoms with Crippen molar-refractivity contribution >= 4 is 37.3 Å². The molecule has 1 fully saturated rings. The molecule has 2 rings (SSSR count). The molecule has 1 aliphatic heterocycles. The standard InChI is InChI=1S/C12H19BrN2O2S2/c1-3-15-7-4-10(5-8-15)14(2)19(16,17)12-11(13)6-9-18-12/h6,9-10H,3-5,7-8H2,1-2H3. The van der Waals surface area contributed by atoms with E-state index in [4.69, 9.17) is 0 Å². The number of hydrogen-bond donors (Lipinski definition) is 0. The summed E-state index contributed by atoms with van der Waals surface area (Å²) >= 11 is 4.58. The van der Waals surface area contributed by atoms with Gasteiger partial charge >= 0.3 is 0 Å². The second-order valence-electron chi connectivity index (χ2n) is 4.74. The molecular weight excluding hydrogens is 348 g/mol. The molecule has 1 aliphatic rings. The van der Waals surface area contributed by atoms with Crippen LogP contribution in [0.5, 0.6) is 0 Å². The lowest BCUT2D eigenvalue weighted by Gasteiger charge is -2.35. The zero-order chi connectivity index (χ0) is 14.0. The Morgan fingerprint density at radius 3 is 2.58 bits per heavy atom. The maximum absolute atomic E-state index is 12.6. The van der Waals surface area contributed by atoms with Crippen molar-refractivity contribution in [3.05, 3.63) is 15.9 Å². The van der Waals surface area contributed by atoms with Gasteiger partial charge in [-0.3, -0.25) is 0 Å². The van der Waals surface area contributed by atoms with Gasteiger partial charge in [0.05, 0.1) is 0 Å². The summed E-state index contributed by atoms with van der Waals surface area (Å²) in [4.78, 5) is 2.36. The highest BCUT2D eigenvalue weighted by atomic mass is 79.9. The molecule has 0 spiro atoms. The first-order chi connectivity index (χ1) is 8.96. The molecule has 1 saturated heterocycles. The van der Waals surface area contributed by atoms with Gasteiger partial charge in [-0.15, -0.1) is 11.3 Å². The predicted molar refractivity (Wildman–Crippen MR) is 82.1 cm³/mol. The summed E-state index contributed by atoms with van der Waals surface area (Å²) in [6.45, 7) is 5.14. The lowest BCUT2D eigenvalue weighted by molar-refractivity contribution is 0.176. The number of piperidine rings is 1. The van der Waals surface area contributed by atoms with Gasteiger partial charge in [-0.05, 0) is 59.9 Å². The molecule has 2 heterocycles. The summed E-state index contributed by atoms with van der Waals surface area (Å²) in [5, 5.41) is 1.80. The Bertz CT molecular complexity index is 522. The topological polar surface area (TPSA) is 40.6 Å². The van der Waals surface area contributed by atoms with Crippen LogP contribution in [0.2, 0.25) is 0 Å². The second kappa shape index (κ2) is 6.22. The molecule has 0 unspecified atom stereocenters. The molecule has 0 radical (unpaired) electrons. The highest BCUT2D eigenvalue weighted by Gasteiger charge is 2.32. The Balaban J connectivity index is 2.12. The van der Waals surface area contributed by atoms with E-state index in [-0.39, 0.29) is 6.04 Å². The summed E-state index contributed by atoms with van der Waals surface area (Å²) in [5.41, 5.74) is 0. The molecule has 0 aromatic carbocycles. The molecule has 19 heavy (non-hydrogen) atoms. The van der Waals surface area contributed by atoms with Crippen LogP contribution in [0.3, 0.4) is 0 Å². The Morgan fingerprint density at radius 2 is 2.11 bits per heavy atom. The van der Waals surface area contributed by atoms with Crippen molar-refractivity contribution in [3.8, 4) is 0 Å². The molecular formula is C12H19BrN2O2S2. The van der Waals surface area contributed by atoms with E-state index >= 15 is 0 Å². The van der Waals surface area contributed by atoms with Gasteiger partial charge in [-0.1, -0.05) is 6.92 Å². The Kier molecular flexibility index (Phi) is 5.05. The van der Waals surface area contributed by atoms with Gasteiger partial charge in [-0.2, -0.15) is 4.31 Å². The minimum Gasteiger partial charge on any atom is -0.303 e. The Morgan fingerprint density at radius 1 is 1.47 bits per heavy atom. The van der Waals surface area contributed by atoms with Gasteiger partial charge in [0.15, 0.2) is 0 Å². The third-order valence-corrected chi connectivity index (χ3v) is 8.27. The van der Waals surface area contributed by atoms with Crippen LogP contribution in [0.15, 0.2) is 20.1 Å². The molecule has 4 nitrogen and oxygen atoms in total. The third kappa shape index (κ3) is 3.21. The third-order valence-electron chi connectivity index (χ3n) is 3.72. The number of halogens is 1. The van der Waals surface area contributed by atoms with Crippen molar-refractivity contribution in [2.45, 2.75) is 30.0 Å². The highest BCUT2D eigenvalue weighted by Crippen LogP contribution is 2.31. The molecule has 0 bridgehead atoms. The van der Waals surface area contributed by atoms with E-state index < -0.39 is 10.0 Å². The molecule has 0 N–H and O–H groups in total. The fourth-order valence-electron chi connectivity index (χ4n) is 2.39. The average molecular weight is 367 g/mol. The van der Waals surface area contributed by atoms with Crippen molar-refractivity contribution in [2.75, 3.05) is 26.7 Å². The Hall–Kier alpha value is 0.0500. The molecule has 108 valence electrons. The summed E-state index contributed by atoms with van der Waals surface area (Å²) < 4.78 is 27.7. The number of nitrogens with zero attached hydrogens (tertiary/aromatic N) is 2. The second-order valence-corrected chi connectivity index (χ2v) is 8.71. The van der Waals surface area contributed by atoms with Gasteiger partial charge in [0.25, 0.3) is 10.0 Å². The number of rotatable bonds is 4. The first-order valence-electron chi connectivity index (χ1n) is 6.40. The van der Waals surface area contributed by atoms with Crippen molar-refractivity contribution in [1.29, 1.82) is 0 Å². The number of likely N-dealkylation sites (tertiary alicyclic amines) is 1. The van der Waals surface area contributed by atoms with Crippen LogP contribution in [0.4, 0.5) is 0 Å². The van der Waals surface area contributed by atoms with Gasteiger partial charge < -0.3 is 4.90 Å². The molecule has 0 atom stereocenters. The monoisotopic (exact) mass is 366 g/mol. The van der Waals surface area contributed by atoms with Crippen molar-refractivity contribution in [3.63, 3.8) is 0 Å². The van der Waals surface area contributed by atoms with Crippen LogP contribution < -0.4 is 0 Å². The molecule has 0 aliphatic carbocycles. The minimum atomic E-state index is -3.36. The quantitative estimate of drug-likeness (QED) is 0.822. The smallest absolute Gasteiger partial charge is 0.253 e. The van der Waals surface area contributed by atoms with Gasteiger partial charge in [0.1, 0.15) is 4.21 Å². The van der Waals surface area contributed by atoms with Crippen molar-refractivity contribution < 1.29 is 8.42 Å². The van der Waals surface area contributed by atoms with E-state index in [2.05, 4.69) is 27.8 Å². The van der Waals surface area contributed by atoms with E-state index in [0.29, 0.717) is 8.68 Å². The molecule has 1 aromatic rings. The minimum absolute atomic E-state index is 0.113. The van der Waals surface area contributed by atoms with Crippen LogP contribution in [0.25, 0.3) is 0 Å². The van der Waals surface area contributed by atoms with Crippen LogP contribution in [-0.2, 0) is 10.0 Å². The van der Waals surface area contributed by atoms with E-state index in [1.165, 1.54) is 11.3 Å². The van der Waals surface area contributed by atoms with Gasteiger partial charge in [-0.25, -0.2) is 8.42 Å². The fourth-order valence-corrected chi connectivity index (χ4v) is 6.28. The fraction of sp³-hybridized carbons (Fsp3) is 0.667. The normalized spacial score (nSPS) is 19.2. The van der Waals surface area contributed by atoms with Gasteiger partial charge in [0, 0.05) is 17.6 Å². The summed E-state index contributed by atoms with van der Waals surface area (Å²) in [5.74, 6) is 0. The van der Waals surface area contributed by atoms with E-state index in [9.17, 15) is 8.42 Å². The van der Waals surface area contributed by atoms with Crippen molar-refractivity contribution in [1.82, 2.24) is 9.21 Å². The molecule has 0 saturated carbocycles. The van der Waals surface area contributed by atoms with E-state index in [0.717, 1.165) is 32.5 Å². The molecule has 7 heteroatoms. The number of hydrogen-bond acceptors (Lipinski definition) is 4. The number of sulfonamides is 1. The maximum Gasteiger partial charge on any atom is 0.253 e. The maximum atomic E-state index is 12.6. The summed E-state index contributed by atoms with van der Waals surface area (Å²) in [6.07, 6.45) is 1.82. The molecule has 1 aromatic heterocycles. The van der Waals surface area contributed by atoms with Gasteiger partial charge in [0.2, 0.25) is 0 Å². The lowest BCUT2D eigenvalue weighted by Crippen LogP contribution is -2.45. The first-order valence-corrected chi connectivity index (χ1v) is 9.51. The number of thiophene rings is 1. The summed E-state index contributed by atoms with van der Waals surface area (Å²) in [7, 11) is -1.66. The molecule has 0 amide bonds. The zero-order valence-electron chi connectivity index (χ0n) is 11.2. The largest absolute Gasteiger partial charge is 0.303 e. The average Bonchev–Trinajstić information content (AvgIpc) is 2.85. The van der Waals surface area contributed by atoms with Crippen LogP contribution in [0, 0.1) is 0 Å².